The maximum atomic E-state index is 13.1. The molecule has 4 rings (SSSR count). The number of sulfonamides is 1. The smallest absolute Gasteiger partial charge is 0.243 e. The lowest BCUT2D eigenvalue weighted by Gasteiger charge is -2.36. The zero-order valence-electron chi connectivity index (χ0n) is 16.3. The number of aryl methyl sites for hydroxylation is 2. The van der Waals surface area contributed by atoms with Gasteiger partial charge in [-0.2, -0.15) is 4.31 Å². The van der Waals surface area contributed by atoms with Crippen LogP contribution in [0.5, 0.6) is 0 Å². The van der Waals surface area contributed by atoms with E-state index in [1.54, 1.807) is 24.3 Å². The summed E-state index contributed by atoms with van der Waals surface area (Å²) in [7, 11) is -3.55. The summed E-state index contributed by atoms with van der Waals surface area (Å²) in [6, 6.07) is 14.3. The van der Waals surface area contributed by atoms with E-state index in [0.717, 1.165) is 22.5 Å². The van der Waals surface area contributed by atoms with E-state index >= 15 is 0 Å². The Balaban J connectivity index is 1.48. The number of piperazine rings is 1. The fraction of sp³-hybridized carbons (Fsp3) is 0.286. The van der Waals surface area contributed by atoms with Gasteiger partial charge in [-0.15, -0.1) is 0 Å². The number of nitrogens with zero attached hydrogens (tertiary/aromatic N) is 3. The van der Waals surface area contributed by atoms with Gasteiger partial charge in [-0.25, -0.2) is 8.42 Å². The highest BCUT2D eigenvalue weighted by Crippen LogP contribution is 2.28. The van der Waals surface area contributed by atoms with Gasteiger partial charge in [0.2, 0.25) is 10.0 Å². The summed E-state index contributed by atoms with van der Waals surface area (Å²) in [6.45, 7) is 5.98. The molecule has 0 amide bonds. The minimum Gasteiger partial charge on any atom is -0.369 e. The molecule has 8 heteroatoms. The van der Waals surface area contributed by atoms with E-state index in [1.807, 2.05) is 38.1 Å². The number of hydrogen-bond acceptors (Lipinski definition) is 5. The van der Waals surface area contributed by atoms with E-state index in [1.165, 1.54) is 4.31 Å². The van der Waals surface area contributed by atoms with Crippen molar-refractivity contribution in [2.45, 2.75) is 18.7 Å². The zero-order chi connectivity index (χ0) is 20.6. The van der Waals surface area contributed by atoms with E-state index in [4.69, 9.17) is 16.1 Å². The molecule has 6 nitrogen and oxygen atoms in total. The predicted octanol–water partition coefficient (Wildman–Crippen LogP) is 4.12. The molecule has 1 saturated heterocycles. The zero-order valence-corrected chi connectivity index (χ0v) is 17.9. The first-order chi connectivity index (χ1) is 13.8. The fourth-order valence-corrected chi connectivity index (χ4v) is 5.12. The van der Waals surface area contributed by atoms with Crippen LogP contribution < -0.4 is 4.90 Å². The van der Waals surface area contributed by atoms with E-state index in [-0.39, 0.29) is 4.90 Å². The molecule has 29 heavy (non-hydrogen) atoms. The summed E-state index contributed by atoms with van der Waals surface area (Å²) < 4.78 is 32.9. The first kappa shape index (κ1) is 19.9. The standard InChI is InChI=1S/C21H22ClN3O3S/c1-15-3-6-18(22)14-20(15)24-9-11-25(12-10-24)29(26,27)19-7-4-17(5-8-19)21-13-16(2)23-28-21/h3-8,13-14H,9-12H2,1-2H3. The van der Waals surface area contributed by atoms with Gasteiger partial charge < -0.3 is 9.42 Å². The van der Waals surface area contributed by atoms with Crippen molar-refractivity contribution in [2.24, 2.45) is 0 Å². The molecule has 1 aliphatic heterocycles. The summed E-state index contributed by atoms with van der Waals surface area (Å²) in [6.07, 6.45) is 0. The minimum absolute atomic E-state index is 0.282. The van der Waals surface area contributed by atoms with Crippen LogP contribution in [0.2, 0.25) is 5.02 Å². The van der Waals surface area contributed by atoms with Crippen molar-refractivity contribution in [3.05, 3.63) is 64.8 Å². The molecule has 152 valence electrons. The Labute approximate surface area is 175 Å². The summed E-state index contributed by atoms with van der Waals surface area (Å²) >= 11 is 6.13. The summed E-state index contributed by atoms with van der Waals surface area (Å²) in [5, 5.41) is 4.55. The third-order valence-corrected chi connectivity index (χ3v) is 7.30. The molecule has 0 radical (unpaired) electrons. The average molecular weight is 432 g/mol. The Morgan fingerprint density at radius 2 is 1.66 bits per heavy atom. The molecule has 2 aromatic carbocycles. The molecule has 2 heterocycles. The van der Waals surface area contributed by atoms with Gasteiger partial charge >= 0.3 is 0 Å². The Morgan fingerprint density at radius 1 is 0.966 bits per heavy atom. The third kappa shape index (κ3) is 4.03. The van der Waals surface area contributed by atoms with Crippen molar-refractivity contribution in [1.82, 2.24) is 9.46 Å². The lowest BCUT2D eigenvalue weighted by molar-refractivity contribution is 0.384. The van der Waals surface area contributed by atoms with Crippen LogP contribution in [0.4, 0.5) is 5.69 Å². The Kier molecular flexibility index (Phi) is 5.38. The highest BCUT2D eigenvalue weighted by Gasteiger charge is 2.29. The number of halogens is 1. The van der Waals surface area contributed by atoms with E-state index in [9.17, 15) is 8.42 Å². The second kappa shape index (κ2) is 7.82. The van der Waals surface area contributed by atoms with Gasteiger partial charge in [0.1, 0.15) is 0 Å². The minimum atomic E-state index is -3.55. The molecule has 1 fully saturated rings. The molecule has 0 spiro atoms. The van der Waals surface area contributed by atoms with Gasteiger partial charge in [-0.1, -0.05) is 22.8 Å². The molecule has 0 N–H and O–H groups in total. The molecule has 0 bridgehead atoms. The number of rotatable bonds is 4. The van der Waals surface area contributed by atoms with Gasteiger partial charge in [-0.05, 0) is 55.8 Å². The van der Waals surface area contributed by atoms with Crippen molar-refractivity contribution in [1.29, 1.82) is 0 Å². The summed E-state index contributed by atoms with van der Waals surface area (Å²) in [5.41, 5.74) is 3.76. The van der Waals surface area contributed by atoms with Crippen molar-refractivity contribution in [2.75, 3.05) is 31.1 Å². The monoisotopic (exact) mass is 431 g/mol. The average Bonchev–Trinajstić information content (AvgIpc) is 3.16. The van der Waals surface area contributed by atoms with Crippen LogP contribution in [-0.2, 0) is 10.0 Å². The molecule has 0 saturated carbocycles. The van der Waals surface area contributed by atoms with Crippen LogP contribution >= 0.6 is 11.6 Å². The first-order valence-corrected chi connectivity index (χ1v) is 11.2. The Hall–Kier alpha value is -2.35. The highest BCUT2D eigenvalue weighted by molar-refractivity contribution is 7.89. The molecule has 3 aromatic rings. The SMILES string of the molecule is Cc1cc(-c2ccc(S(=O)(=O)N3CCN(c4cc(Cl)ccc4C)CC3)cc2)on1. The first-order valence-electron chi connectivity index (χ1n) is 9.39. The van der Waals surface area contributed by atoms with Crippen LogP contribution in [0.3, 0.4) is 0 Å². The van der Waals surface area contributed by atoms with Gasteiger partial charge in [0.25, 0.3) is 0 Å². The Bertz CT molecular complexity index is 1120. The lowest BCUT2D eigenvalue weighted by Crippen LogP contribution is -2.48. The van der Waals surface area contributed by atoms with Crippen molar-refractivity contribution in [3.63, 3.8) is 0 Å². The fourth-order valence-electron chi connectivity index (χ4n) is 3.53. The highest BCUT2D eigenvalue weighted by atomic mass is 35.5. The van der Waals surface area contributed by atoms with Gasteiger partial charge in [0.15, 0.2) is 5.76 Å². The normalized spacial score (nSPS) is 15.6. The number of aromatic nitrogens is 1. The molecular formula is C21H22ClN3O3S. The second-order valence-corrected chi connectivity index (χ2v) is 9.55. The van der Waals surface area contributed by atoms with Crippen molar-refractivity contribution in [3.8, 4) is 11.3 Å². The van der Waals surface area contributed by atoms with Crippen LogP contribution in [0.25, 0.3) is 11.3 Å². The van der Waals surface area contributed by atoms with Crippen LogP contribution in [0, 0.1) is 13.8 Å². The molecule has 1 aromatic heterocycles. The molecular weight excluding hydrogens is 410 g/mol. The molecule has 0 unspecified atom stereocenters. The number of anilines is 1. The van der Waals surface area contributed by atoms with Crippen LogP contribution in [0.15, 0.2) is 57.9 Å². The third-order valence-electron chi connectivity index (χ3n) is 5.16. The Morgan fingerprint density at radius 3 is 2.28 bits per heavy atom. The van der Waals surface area contributed by atoms with Crippen LogP contribution in [-0.4, -0.2) is 44.1 Å². The van der Waals surface area contributed by atoms with Gasteiger partial charge in [-0.3, -0.25) is 0 Å². The molecule has 0 atom stereocenters. The molecule has 1 aliphatic rings. The van der Waals surface area contributed by atoms with Crippen molar-refractivity contribution < 1.29 is 12.9 Å². The van der Waals surface area contributed by atoms with E-state index < -0.39 is 10.0 Å². The predicted molar refractivity (Wildman–Crippen MR) is 114 cm³/mol. The van der Waals surface area contributed by atoms with Gasteiger partial charge in [0.05, 0.1) is 10.6 Å². The largest absolute Gasteiger partial charge is 0.369 e. The molecule has 0 aliphatic carbocycles. The quantitative estimate of drug-likeness (QED) is 0.621. The maximum Gasteiger partial charge on any atom is 0.243 e. The topological polar surface area (TPSA) is 66.7 Å². The van der Waals surface area contributed by atoms with E-state index in [2.05, 4.69) is 10.1 Å². The maximum absolute atomic E-state index is 13.1. The van der Waals surface area contributed by atoms with Crippen molar-refractivity contribution >= 4 is 27.3 Å². The summed E-state index contributed by atoms with van der Waals surface area (Å²) in [5.74, 6) is 0.622. The lowest BCUT2D eigenvalue weighted by atomic mass is 10.1. The number of hydrogen-bond donors (Lipinski definition) is 0. The van der Waals surface area contributed by atoms with Crippen LogP contribution in [0.1, 0.15) is 11.3 Å². The summed E-state index contributed by atoms with van der Waals surface area (Å²) in [4.78, 5) is 2.47. The van der Waals surface area contributed by atoms with Gasteiger partial charge in [0, 0.05) is 48.5 Å². The number of benzene rings is 2. The van der Waals surface area contributed by atoms with E-state index in [0.29, 0.717) is 37.0 Å². The second-order valence-electron chi connectivity index (χ2n) is 7.18.